The fraction of sp³-hybridized carbons (Fsp3) is 0.103. The number of nitrogens with one attached hydrogen (secondary N) is 1. The maximum absolute atomic E-state index is 13.8. The van der Waals surface area contributed by atoms with Gasteiger partial charge in [-0.05, 0) is 35.9 Å². The summed E-state index contributed by atoms with van der Waals surface area (Å²) >= 11 is 0. The lowest BCUT2D eigenvalue weighted by Gasteiger charge is -2.12. The third kappa shape index (κ3) is 4.10. The van der Waals surface area contributed by atoms with E-state index >= 15 is 0 Å². The number of phenols is 1. The van der Waals surface area contributed by atoms with Crippen molar-refractivity contribution in [2.45, 2.75) is 13.5 Å². The van der Waals surface area contributed by atoms with Gasteiger partial charge in [0.05, 0.1) is 5.56 Å². The lowest BCUT2D eigenvalue weighted by Crippen LogP contribution is -2.12. The van der Waals surface area contributed by atoms with E-state index in [4.69, 9.17) is 4.74 Å². The number of fused-ring (bicyclic) bond motifs is 2. The monoisotopic (exact) mass is 464 g/mol. The molecule has 5 rings (SSSR count). The minimum Gasteiger partial charge on any atom is -0.504 e. The van der Waals surface area contributed by atoms with Crippen LogP contribution in [0.1, 0.15) is 21.6 Å². The Morgan fingerprint density at radius 3 is 2.54 bits per heavy atom. The Balaban J connectivity index is 1.47. The Hall–Kier alpha value is -4.58. The minimum absolute atomic E-state index is 0.0106. The smallest absolute Gasteiger partial charge is 0.298 e. The predicted octanol–water partition coefficient (Wildman–Crippen LogP) is 5.69. The summed E-state index contributed by atoms with van der Waals surface area (Å²) in [6.07, 6.45) is 0. The molecule has 0 atom stereocenters. The van der Waals surface area contributed by atoms with E-state index in [1.807, 2.05) is 73.7 Å². The zero-order valence-electron chi connectivity index (χ0n) is 19.2. The van der Waals surface area contributed by atoms with Gasteiger partial charge in [-0.3, -0.25) is 9.59 Å². The predicted molar refractivity (Wildman–Crippen MR) is 137 cm³/mol. The standard InChI is InChI=1S/C29H24N2O4/c1-19-28(29(34)23-11-6-8-20-7-2-3-9-22(20)23)24-10-4-5-12-25(24)31(19)16-15-30-21-13-14-26(33)27(17-21)35-18-32/h2-14,17-18,30,33H,15-16H2,1H3. The number of ketones is 1. The molecule has 1 aromatic heterocycles. The van der Waals surface area contributed by atoms with Crippen molar-refractivity contribution in [3.05, 3.63) is 102 Å². The summed E-state index contributed by atoms with van der Waals surface area (Å²) in [6, 6.07) is 26.5. The minimum atomic E-state index is -0.105. The Labute approximate surface area is 202 Å². The lowest BCUT2D eigenvalue weighted by atomic mass is 9.95. The van der Waals surface area contributed by atoms with E-state index in [0.717, 1.165) is 27.4 Å². The Kier molecular flexibility index (Phi) is 5.94. The van der Waals surface area contributed by atoms with Gasteiger partial charge >= 0.3 is 0 Å². The number of aromatic nitrogens is 1. The van der Waals surface area contributed by atoms with E-state index in [9.17, 15) is 14.7 Å². The van der Waals surface area contributed by atoms with Crippen molar-refractivity contribution in [1.29, 1.82) is 0 Å². The molecule has 0 aliphatic carbocycles. The van der Waals surface area contributed by atoms with Crippen LogP contribution in [0.2, 0.25) is 0 Å². The van der Waals surface area contributed by atoms with Gasteiger partial charge in [0.15, 0.2) is 17.3 Å². The molecule has 0 fully saturated rings. The Morgan fingerprint density at radius 2 is 1.71 bits per heavy atom. The molecule has 0 radical (unpaired) electrons. The number of carbonyl (C=O) groups excluding carboxylic acids is 2. The van der Waals surface area contributed by atoms with E-state index in [1.54, 1.807) is 12.1 Å². The number of anilines is 1. The van der Waals surface area contributed by atoms with Crippen LogP contribution in [-0.4, -0.2) is 28.5 Å². The lowest BCUT2D eigenvalue weighted by molar-refractivity contribution is -0.120. The number of phenolic OH excluding ortho intramolecular Hbond substituents is 1. The number of hydrogen-bond acceptors (Lipinski definition) is 5. The van der Waals surface area contributed by atoms with Gasteiger partial charge in [0.2, 0.25) is 0 Å². The van der Waals surface area contributed by atoms with Gasteiger partial charge in [0, 0.05) is 47.0 Å². The van der Waals surface area contributed by atoms with Crippen LogP contribution in [0.4, 0.5) is 5.69 Å². The van der Waals surface area contributed by atoms with Gasteiger partial charge in [-0.2, -0.15) is 0 Å². The van der Waals surface area contributed by atoms with Gasteiger partial charge in [-0.25, -0.2) is 0 Å². The second-order valence-corrected chi connectivity index (χ2v) is 8.31. The average molecular weight is 465 g/mol. The quantitative estimate of drug-likeness (QED) is 0.175. The van der Waals surface area contributed by atoms with Crippen molar-refractivity contribution in [3.63, 3.8) is 0 Å². The maximum atomic E-state index is 13.8. The summed E-state index contributed by atoms with van der Waals surface area (Å²) in [6.45, 7) is 3.43. The highest BCUT2D eigenvalue weighted by atomic mass is 16.5. The summed E-state index contributed by atoms with van der Waals surface area (Å²) in [5, 5.41) is 16.0. The molecule has 6 heteroatoms. The van der Waals surface area contributed by atoms with Gasteiger partial charge in [0.25, 0.3) is 6.47 Å². The van der Waals surface area contributed by atoms with E-state index in [-0.39, 0.29) is 23.8 Å². The van der Waals surface area contributed by atoms with Gasteiger partial charge < -0.3 is 19.7 Å². The largest absolute Gasteiger partial charge is 0.504 e. The van der Waals surface area contributed by atoms with Crippen molar-refractivity contribution in [1.82, 2.24) is 4.57 Å². The molecule has 0 aliphatic rings. The van der Waals surface area contributed by atoms with Crippen LogP contribution < -0.4 is 10.1 Å². The molecule has 0 saturated heterocycles. The number of nitrogens with zero attached hydrogens (tertiary/aromatic N) is 1. The molecule has 5 aromatic rings. The van der Waals surface area contributed by atoms with Gasteiger partial charge in [-0.1, -0.05) is 60.7 Å². The molecule has 1 heterocycles. The van der Waals surface area contributed by atoms with Crippen LogP contribution in [-0.2, 0) is 11.3 Å². The second-order valence-electron chi connectivity index (χ2n) is 8.31. The van der Waals surface area contributed by atoms with Crippen LogP contribution in [0.5, 0.6) is 11.5 Å². The van der Waals surface area contributed by atoms with Crippen molar-refractivity contribution in [2.24, 2.45) is 0 Å². The molecule has 0 saturated carbocycles. The average Bonchev–Trinajstić information content (AvgIpc) is 3.16. The SMILES string of the molecule is Cc1c(C(=O)c2cccc3ccccc23)c2ccccc2n1CCNc1ccc(O)c(OC=O)c1. The first-order valence-electron chi connectivity index (χ1n) is 11.4. The fourth-order valence-electron chi connectivity index (χ4n) is 4.65. The highest BCUT2D eigenvalue weighted by Crippen LogP contribution is 2.31. The first-order valence-corrected chi connectivity index (χ1v) is 11.4. The Bertz CT molecular complexity index is 1560. The molecule has 0 aliphatic heterocycles. The molecule has 2 N–H and O–H groups in total. The van der Waals surface area contributed by atoms with E-state index < -0.39 is 0 Å². The molecular formula is C29H24N2O4. The molecule has 0 unspecified atom stereocenters. The number of aromatic hydroxyl groups is 1. The van der Waals surface area contributed by atoms with E-state index in [0.29, 0.717) is 29.9 Å². The molecule has 0 bridgehead atoms. The Morgan fingerprint density at radius 1 is 0.971 bits per heavy atom. The van der Waals surface area contributed by atoms with Crippen LogP contribution in [0, 0.1) is 6.92 Å². The van der Waals surface area contributed by atoms with Crippen molar-refractivity contribution < 1.29 is 19.4 Å². The van der Waals surface area contributed by atoms with E-state index in [1.165, 1.54) is 6.07 Å². The summed E-state index contributed by atoms with van der Waals surface area (Å²) in [5.41, 5.74) is 4.01. The number of hydrogen-bond donors (Lipinski definition) is 2. The van der Waals surface area contributed by atoms with Crippen LogP contribution in [0.25, 0.3) is 21.7 Å². The number of para-hydroxylation sites is 1. The zero-order valence-corrected chi connectivity index (χ0v) is 19.2. The number of rotatable bonds is 8. The van der Waals surface area contributed by atoms with Crippen LogP contribution in [0.3, 0.4) is 0 Å². The van der Waals surface area contributed by atoms with Crippen LogP contribution in [0.15, 0.2) is 84.9 Å². The van der Waals surface area contributed by atoms with Gasteiger partial charge in [0.1, 0.15) is 0 Å². The van der Waals surface area contributed by atoms with Crippen LogP contribution >= 0.6 is 0 Å². The molecule has 4 aromatic carbocycles. The molecule has 0 amide bonds. The molecule has 174 valence electrons. The molecular weight excluding hydrogens is 440 g/mol. The summed E-state index contributed by atoms with van der Waals surface area (Å²) in [7, 11) is 0. The number of benzene rings is 4. The number of ether oxygens (including phenoxy) is 1. The van der Waals surface area contributed by atoms with E-state index in [2.05, 4.69) is 9.88 Å². The third-order valence-electron chi connectivity index (χ3n) is 6.29. The summed E-state index contributed by atoms with van der Waals surface area (Å²) in [4.78, 5) is 24.5. The fourth-order valence-corrected chi connectivity index (χ4v) is 4.65. The van der Waals surface area contributed by atoms with Gasteiger partial charge in [-0.15, -0.1) is 0 Å². The first kappa shape index (κ1) is 22.2. The van der Waals surface area contributed by atoms with Crippen molar-refractivity contribution >= 4 is 39.6 Å². The highest BCUT2D eigenvalue weighted by Gasteiger charge is 2.22. The second kappa shape index (κ2) is 9.35. The summed E-state index contributed by atoms with van der Waals surface area (Å²) in [5.74, 6) is -0.00143. The topological polar surface area (TPSA) is 80.6 Å². The molecule has 35 heavy (non-hydrogen) atoms. The normalized spacial score (nSPS) is 11.0. The molecule has 6 nitrogen and oxygen atoms in total. The summed E-state index contributed by atoms with van der Waals surface area (Å²) < 4.78 is 6.95. The first-order chi connectivity index (χ1) is 17.1. The van der Waals surface area contributed by atoms with Crippen molar-refractivity contribution in [2.75, 3.05) is 11.9 Å². The zero-order chi connectivity index (χ0) is 24.4. The third-order valence-corrected chi connectivity index (χ3v) is 6.29. The number of carbonyl (C=O) groups is 2. The van der Waals surface area contributed by atoms with Crippen molar-refractivity contribution in [3.8, 4) is 11.5 Å². The highest BCUT2D eigenvalue weighted by molar-refractivity contribution is 6.22. The molecule has 0 spiro atoms. The maximum Gasteiger partial charge on any atom is 0.298 e.